The Bertz CT molecular complexity index is 1150. The minimum absolute atomic E-state index is 0.0975. The van der Waals surface area contributed by atoms with Gasteiger partial charge in [0.2, 0.25) is 15.9 Å². The van der Waals surface area contributed by atoms with Crippen LogP contribution in [0.4, 0.5) is 5.69 Å². The molecule has 0 aliphatic carbocycles. The Hall–Kier alpha value is -2.29. The van der Waals surface area contributed by atoms with Gasteiger partial charge in [-0.25, -0.2) is 13.4 Å². The summed E-state index contributed by atoms with van der Waals surface area (Å²) in [6, 6.07) is 14.8. The Kier molecular flexibility index (Phi) is 5.08. The number of anilines is 1. The van der Waals surface area contributed by atoms with Crippen LogP contribution >= 0.6 is 11.3 Å². The number of carbonyl (C=O) groups excluding carboxylic acids is 1. The van der Waals surface area contributed by atoms with Crippen LogP contribution in [0.25, 0.3) is 10.2 Å². The van der Waals surface area contributed by atoms with E-state index in [0.29, 0.717) is 26.1 Å². The number of thiazole rings is 1. The largest absolute Gasteiger partial charge is 0.312 e. The highest BCUT2D eigenvalue weighted by Crippen LogP contribution is 2.35. The van der Waals surface area contributed by atoms with Gasteiger partial charge >= 0.3 is 0 Å². The van der Waals surface area contributed by atoms with Gasteiger partial charge in [-0.2, -0.15) is 4.31 Å². The molecular formula is C22H23N3O3S2. The second kappa shape index (κ2) is 7.76. The van der Waals surface area contributed by atoms with Crippen molar-refractivity contribution in [2.45, 2.75) is 36.5 Å². The smallest absolute Gasteiger partial charge is 0.243 e. The number of para-hydroxylation sites is 1. The van der Waals surface area contributed by atoms with Gasteiger partial charge in [-0.3, -0.25) is 4.79 Å². The summed E-state index contributed by atoms with van der Waals surface area (Å²) in [4.78, 5) is 18.7. The Balaban J connectivity index is 1.36. The molecule has 6 nitrogen and oxygen atoms in total. The molecule has 0 saturated carbocycles. The van der Waals surface area contributed by atoms with Crippen molar-refractivity contribution in [1.29, 1.82) is 0 Å². The van der Waals surface area contributed by atoms with Gasteiger partial charge in [0.25, 0.3) is 0 Å². The first-order chi connectivity index (χ1) is 14.5. The minimum Gasteiger partial charge on any atom is -0.312 e. The number of piperidine rings is 1. The summed E-state index contributed by atoms with van der Waals surface area (Å²) in [6.07, 6.45) is 3.17. The summed E-state index contributed by atoms with van der Waals surface area (Å²) in [5.41, 5.74) is 1.74. The first-order valence-electron chi connectivity index (χ1n) is 10.3. The Labute approximate surface area is 180 Å². The molecule has 2 saturated heterocycles. The molecule has 0 unspecified atom stereocenters. The molecule has 1 aromatic heterocycles. The number of hydrogen-bond donors (Lipinski definition) is 0. The maximum atomic E-state index is 13.3. The van der Waals surface area contributed by atoms with E-state index in [4.69, 9.17) is 4.98 Å². The molecule has 0 spiro atoms. The number of amides is 1. The van der Waals surface area contributed by atoms with Crippen LogP contribution < -0.4 is 4.90 Å². The van der Waals surface area contributed by atoms with Crippen LogP contribution in [-0.2, 0) is 14.8 Å². The first-order valence-corrected chi connectivity index (χ1v) is 12.5. The number of carbonyl (C=O) groups is 1. The Morgan fingerprint density at radius 2 is 1.80 bits per heavy atom. The molecule has 1 atom stereocenters. The topological polar surface area (TPSA) is 70.6 Å². The second-order valence-electron chi connectivity index (χ2n) is 7.86. The summed E-state index contributed by atoms with van der Waals surface area (Å²) in [5, 5.41) is 1.01. The molecule has 0 radical (unpaired) electrons. The molecule has 2 aromatic carbocycles. The first kappa shape index (κ1) is 19.7. The van der Waals surface area contributed by atoms with E-state index < -0.39 is 10.0 Å². The average Bonchev–Trinajstić information content (AvgIpc) is 3.40. The number of hydrogen-bond acceptors (Lipinski definition) is 5. The van der Waals surface area contributed by atoms with Crippen LogP contribution in [0.2, 0.25) is 0 Å². The van der Waals surface area contributed by atoms with Gasteiger partial charge < -0.3 is 4.90 Å². The lowest BCUT2D eigenvalue weighted by Crippen LogP contribution is -2.39. The third-order valence-electron chi connectivity index (χ3n) is 5.90. The molecule has 1 amide bonds. The van der Waals surface area contributed by atoms with Crippen LogP contribution in [0, 0.1) is 0 Å². The molecule has 0 bridgehead atoms. The number of fused-ring (bicyclic) bond motifs is 1. The normalized spacial score (nSPS) is 20.9. The highest BCUT2D eigenvalue weighted by molar-refractivity contribution is 7.89. The number of sulfonamides is 1. The Morgan fingerprint density at radius 3 is 2.53 bits per heavy atom. The van der Waals surface area contributed by atoms with E-state index in [9.17, 15) is 13.2 Å². The lowest BCUT2D eigenvalue weighted by Gasteiger charge is -2.31. The highest BCUT2D eigenvalue weighted by Gasteiger charge is 2.32. The van der Waals surface area contributed by atoms with E-state index in [-0.39, 0.29) is 16.7 Å². The second-order valence-corrected chi connectivity index (χ2v) is 10.9. The van der Waals surface area contributed by atoms with Gasteiger partial charge in [-0.1, -0.05) is 12.1 Å². The number of rotatable bonds is 4. The van der Waals surface area contributed by atoms with Crippen LogP contribution in [0.3, 0.4) is 0 Å². The van der Waals surface area contributed by atoms with E-state index in [1.807, 2.05) is 18.2 Å². The third-order valence-corrected chi connectivity index (χ3v) is 8.98. The zero-order valence-electron chi connectivity index (χ0n) is 16.5. The van der Waals surface area contributed by atoms with Crippen molar-refractivity contribution >= 4 is 43.2 Å². The maximum absolute atomic E-state index is 13.3. The molecule has 156 valence electrons. The highest BCUT2D eigenvalue weighted by atomic mass is 32.2. The number of aromatic nitrogens is 1. The predicted molar refractivity (Wildman–Crippen MR) is 118 cm³/mol. The van der Waals surface area contributed by atoms with Gasteiger partial charge in [0.05, 0.1) is 20.1 Å². The van der Waals surface area contributed by atoms with Crippen LogP contribution in [0.1, 0.15) is 36.6 Å². The minimum atomic E-state index is -3.58. The molecule has 8 heteroatoms. The van der Waals surface area contributed by atoms with Gasteiger partial charge in [0.1, 0.15) is 0 Å². The van der Waals surface area contributed by atoms with Gasteiger partial charge in [0, 0.05) is 37.7 Å². The molecule has 30 heavy (non-hydrogen) atoms. The quantitative estimate of drug-likeness (QED) is 0.614. The molecule has 3 heterocycles. The van der Waals surface area contributed by atoms with Crippen molar-refractivity contribution in [2.24, 2.45) is 0 Å². The van der Waals surface area contributed by atoms with Crippen LogP contribution in [0.15, 0.2) is 53.4 Å². The van der Waals surface area contributed by atoms with E-state index in [0.717, 1.165) is 40.2 Å². The lowest BCUT2D eigenvalue weighted by atomic mass is 10.0. The summed E-state index contributed by atoms with van der Waals surface area (Å²) >= 11 is 1.66. The monoisotopic (exact) mass is 441 g/mol. The van der Waals surface area contributed by atoms with Crippen molar-refractivity contribution < 1.29 is 13.2 Å². The SMILES string of the molecule is O=C1CCCN1c1ccc(S(=O)(=O)N2CCC[C@H](c3nc4ccccc4s3)C2)cc1. The summed E-state index contributed by atoms with van der Waals surface area (Å²) in [7, 11) is -3.58. The van der Waals surface area contributed by atoms with Gasteiger partial charge in [-0.05, 0) is 55.7 Å². The molecular weight excluding hydrogens is 418 g/mol. The maximum Gasteiger partial charge on any atom is 0.243 e. The van der Waals surface area contributed by atoms with Crippen molar-refractivity contribution in [2.75, 3.05) is 24.5 Å². The van der Waals surface area contributed by atoms with E-state index in [1.54, 1.807) is 44.8 Å². The molecule has 3 aromatic rings. The molecule has 0 N–H and O–H groups in total. The molecule has 2 aliphatic rings. The summed E-state index contributed by atoms with van der Waals surface area (Å²) in [6.45, 7) is 1.67. The summed E-state index contributed by atoms with van der Waals surface area (Å²) in [5.74, 6) is 0.215. The van der Waals surface area contributed by atoms with E-state index in [2.05, 4.69) is 6.07 Å². The van der Waals surface area contributed by atoms with Crippen molar-refractivity contribution in [3.63, 3.8) is 0 Å². The standard InChI is InChI=1S/C22H23N3O3S2/c26-21-8-4-14-25(21)17-9-11-18(12-10-17)30(27,28)24-13-3-5-16(15-24)22-23-19-6-1-2-7-20(19)29-22/h1-2,6-7,9-12,16H,3-5,8,13-15H2/t16-/m0/s1. The van der Waals surface area contributed by atoms with Crippen molar-refractivity contribution in [3.8, 4) is 0 Å². The Morgan fingerprint density at radius 1 is 1.00 bits per heavy atom. The van der Waals surface area contributed by atoms with Gasteiger partial charge in [0.15, 0.2) is 0 Å². The average molecular weight is 442 g/mol. The fraction of sp³-hybridized carbons (Fsp3) is 0.364. The van der Waals surface area contributed by atoms with Crippen LogP contribution in [-0.4, -0.2) is 43.2 Å². The number of nitrogens with zero attached hydrogens (tertiary/aromatic N) is 3. The van der Waals surface area contributed by atoms with Crippen molar-refractivity contribution in [1.82, 2.24) is 9.29 Å². The van der Waals surface area contributed by atoms with E-state index in [1.165, 1.54) is 0 Å². The molecule has 2 fully saturated rings. The zero-order chi connectivity index (χ0) is 20.7. The van der Waals surface area contributed by atoms with Crippen molar-refractivity contribution in [3.05, 3.63) is 53.5 Å². The molecule has 5 rings (SSSR count). The fourth-order valence-corrected chi connectivity index (χ4v) is 6.91. The third kappa shape index (κ3) is 3.53. The van der Waals surface area contributed by atoms with Gasteiger partial charge in [-0.15, -0.1) is 11.3 Å². The van der Waals surface area contributed by atoms with Crippen LogP contribution in [0.5, 0.6) is 0 Å². The van der Waals surface area contributed by atoms with E-state index >= 15 is 0 Å². The summed E-state index contributed by atoms with van der Waals surface area (Å²) < 4.78 is 29.2. The zero-order valence-corrected chi connectivity index (χ0v) is 18.2. The molecule has 2 aliphatic heterocycles. The fourth-order valence-electron chi connectivity index (χ4n) is 4.30. The lowest BCUT2D eigenvalue weighted by molar-refractivity contribution is -0.117. The number of benzene rings is 2. The predicted octanol–water partition coefficient (Wildman–Crippen LogP) is 3.99.